The van der Waals surface area contributed by atoms with Crippen molar-refractivity contribution in [3.63, 3.8) is 0 Å². The summed E-state index contributed by atoms with van der Waals surface area (Å²) in [5, 5.41) is 7.47. The van der Waals surface area contributed by atoms with Crippen LogP contribution in [0.4, 0.5) is 11.5 Å². The summed E-state index contributed by atoms with van der Waals surface area (Å²) in [6.45, 7) is 2.02. The largest absolute Gasteiger partial charge is 0.389 e. The van der Waals surface area contributed by atoms with Gasteiger partial charge in [-0.05, 0) is 24.6 Å². The predicted octanol–water partition coefficient (Wildman–Crippen LogP) is 2.11. The van der Waals surface area contributed by atoms with Crippen LogP contribution in [0.2, 0.25) is 0 Å². The number of hydrogen-bond acceptors (Lipinski definition) is 3. The molecule has 0 unspecified atom stereocenters. The summed E-state index contributed by atoms with van der Waals surface area (Å²) >= 11 is 5.03. The molecular formula is C12H14N4S. The topological polar surface area (TPSA) is 55.9 Å². The summed E-state index contributed by atoms with van der Waals surface area (Å²) in [5.74, 6) is 0.774. The van der Waals surface area contributed by atoms with Crippen molar-refractivity contribution in [1.29, 1.82) is 0 Å². The standard InChI is InChI=1S/C12H14N4S/c1-8-3-4-9(12(13)17)10(7-8)14-11-5-6-16(2)15-11/h3-7H,1-2H3,(H2,13,17)(H,14,15). The lowest BCUT2D eigenvalue weighted by Crippen LogP contribution is -2.12. The summed E-state index contributed by atoms with van der Waals surface area (Å²) in [6, 6.07) is 7.80. The first-order valence-corrected chi connectivity index (χ1v) is 5.64. The Labute approximate surface area is 105 Å². The zero-order valence-electron chi connectivity index (χ0n) is 9.77. The minimum atomic E-state index is 0.378. The van der Waals surface area contributed by atoms with Crippen LogP contribution in [0.3, 0.4) is 0 Å². The molecule has 4 nitrogen and oxygen atoms in total. The molecule has 0 saturated heterocycles. The van der Waals surface area contributed by atoms with Crippen molar-refractivity contribution in [1.82, 2.24) is 9.78 Å². The Bertz CT molecular complexity index is 559. The molecule has 2 rings (SSSR count). The van der Waals surface area contributed by atoms with Crippen molar-refractivity contribution in [2.45, 2.75) is 6.92 Å². The van der Waals surface area contributed by atoms with Gasteiger partial charge >= 0.3 is 0 Å². The first kappa shape index (κ1) is 11.6. The van der Waals surface area contributed by atoms with E-state index in [0.29, 0.717) is 4.99 Å². The summed E-state index contributed by atoms with van der Waals surface area (Å²) in [4.78, 5) is 0.378. The van der Waals surface area contributed by atoms with Gasteiger partial charge in [-0.3, -0.25) is 4.68 Å². The average molecular weight is 246 g/mol. The third kappa shape index (κ3) is 2.62. The van der Waals surface area contributed by atoms with Gasteiger partial charge in [0.25, 0.3) is 0 Å². The highest BCUT2D eigenvalue weighted by atomic mass is 32.1. The van der Waals surface area contributed by atoms with E-state index in [1.54, 1.807) is 4.68 Å². The Balaban J connectivity index is 2.37. The first-order valence-electron chi connectivity index (χ1n) is 5.23. The Morgan fingerprint density at radius 1 is 1.41 bits per heavy atom. The first-order chi connectivity index (χ1) is 8.06. The zero-order valence-corrected chi connectivity index (χ0v) is 10.6. The van der Waals surface area contributed by atoms with Crippen LogP contribution in [-0.2, 0) is 7.05 Å². The fourth-order valence-corrected chi connectivity index (χ4v) is 1.77. The number of nitrogens with zero attached hydrogens (tertiary/aromatic N) is 2. The lowest BCUT2D eigenvalue weighted by molar-refractivity contribution is 0.771. The van der Waals surface area contributed by atoms with E-state index in [1.165, 1.54) is 0 Å². The number of aryl methyl sites for hydroxylation is 2. The Kier molecular flexibility index (Phi) is 3.10. The van der Waals surface area contributed by atoms with Crippen molar-refractivity contribution in [3.8, 4) is 0 Å². The highest BCUT2D eigenvalue weighted by molar-refractivity contribution is 7.80. The smallest absolute Gasteiger partial charge is 0.152 e. The van der Waals surface area contributed by atoms with E-state index in [2.05, 4.69) is 10.4 Å². The van der Waals surface area contributed by atoms with Gasteiger partial charge < -0.3 is 11.1 Å². The number of aromatic nitrogens is 2. The van der Waals surface area contributed by atoms with Crippen LogP contribution in [0.5, 0.6) is 0 Å². The average Bonchev–Trinajstić information content (AvgIpc) is 2.63. The highest BCUT2D eigenvalue weighted by Gasteiger charge is 2.06. The van der Waals surface area contributed by atoms with Crippen molar-refractivity contribution >= 4 is 28.7 Å². The van der Waals surface area contributed by atoms with Gasteiger partial charge in [-0.1, -0.05) is 18.3 Å². The molecule has 1 heterocycles. The van der Waals surface area contributed by atoms with Gasteiger partial charge in [-0.25, -0.2) is 0 Å². The normalized spacial score (nSPS) is 10.2. The number of rotatable bonds is 3. The number of anilines is 2. The molecule has 3 N–H and O–H groups in total. The minimum absolute atomic E-state index is 0.378. The Morgan fingerprint density at radius 3 is 2.76 bits per heavy atom. The third-order valence-corrected chi connectivity index (χ3v) is 2.64. The van der Waals surface area contributed by atoms with Gasteiger partial charge in [0.05, 0.1) is 5.69 Å². The Morgan fingerprint density at radius 2 is 2.18 bits per heavy atom. The molecule has 0 radical (unpaired) electrons. The van der Waals surface area contributed by atoms with Crippen LogP contribution in [0.25, 0.3) is 0 Å². The molecular weight excluding hydrogens is 232 g/mol. The van der Waals surface area contributed by atoms with Gasteiger partial charge in [0.2, 0.25) is 0 Å². The lowest BCUT2D eigenvalue weighted by atomic mass is 10.1. The maximum absolute atomic E-state index is 5.69. The van der Waals surface area contributed by atoms with Crippen LogP contribution in [-0.4, -0.2) is 14.8 Å². The van der Waals surface area contributed by atoms with Crippen molar-refractivity contribution < 1.29 is 0 Å². The molecule has 1 aromatic carbocycles. The van der Waals surface area contributed by atoms with Crippen LogP contribution >= 0.6 is 12.2 Å². The molecule has 0 bridgehead atoms. The molecule has 0 atom stereocenters. The molecule has 88 valence electrons. The SMILES string of the molecule is Cc1ccc(C(N)=S)c(Nc2ccn(C)n2)c1. The fourth-order valence-electron chi connectivity index (χ4n) is 1.60. The summed E-state index contributed by atoms with van der Waals surface area (Å²) in [5.41, 5.74) is 8.55. The predicted molar refractivity (Wildman–Crippen MR) is 73.6 cm³/mol. The molecule has 0 aliphatic carbocycles. The van der Waals surface area contributed by atoms with E-state index in [9.17, 15) is 0 Å². The molecule has 0 fully saturated rings. The van der Waals surface area contributed by atoms with E-state index >= 15 is 0 Å². The molecule has 0 aliphatic heterocycles. The van der Waals surface area contributed by atoms with Crippen LogP contribution < -0.4 is 11.1 Å². The monoisotopic (exact) mass is 246 g/mol. The number of thiocarbonyl (C=S) groups is 1. The summed E-state index contributed by atoms with van der Waals surface area (Å²) < 4.78 is 1.73. The van der Waals surface area contributed by atoms with Crippen molar-refractivity contribution in [2.75, 3.05) is 5.32 Å². The minimum Gasteiger partial charge on any atom is -0.389 e. The quantitative estimate of drug-likeness (QED) is 0.814. The molecule has 5 heteroatoms. The van der Waals surface area contributed by atoms with Crippen molar-refractivity contribution in [2.24, 2.45) is 12.8 Å². The molecule has 2 aromatic rings. The number of hydrogen-bond donors (Lipinski definition) is 2. The van der Waals surface area contributed by atoms with Crippen molar-refractivity contribution in [3.05, 3.63) is 41.6 Å². The molecule has 17 heavy (non-hydrogen) atoms. The van der Waals surface area contributed by atoms with E-state index in [-0.39, 0.29) is 0 Å². The van der Waals surface area contributed by atoms with E-state index < -0.39 is 0 Å². The molecule has 0 amide bonds. The molecule has 0 aliphatic rings. The molecule has 1 aromatic heterocycles. The second-order valence-electron chi connectivity index (χ2n) is 3.91. The third-order valence-electron chi connectivity index (χ3n) is 2.42. The zero-order chi connectivity index (χ0) is 12.4. The Hall–Kier alpha value is -1.88. The summed E-state index contributed by atoms with van der Waals surface area (Å²) in [7, 11) is 1.87. The van der Waals surface area contributed by atoms with E-state index in [0.717, 1.165) is 22.6 Å². The molecule has 0 spiro atoms. The lowest BCUT2D eigenvalue weighted by Gasteiger charge is -2.10. The van der Waals surface area contributed by atoms with Gasteiger partial charge in [-0.2, -0.15) is 5.10 Å². The summed E-state index contributed by atoms with van der Waals surface area (Å²) in [6.07, 6.45) is 1.87. The fraction of sp³-hybridized carbons (Fsp3) is 0.167. The van der Waals surface area contributed by atoms with Gasteiger partial charge in [0.15, 0.2) is 5.82 Å². The second kappa shape index (κ2) is 4.55. The number of nitrogens with two attached hydrogens (primary N) is 1. The van der Waals surface area contributed by atoms with Gasteiger partial charge in [-0.15, -0.1) is 0 Å². The van der Waals surface area contributed by atoms with Gasteiger partial charge in [0, 0.05) is 24.9 Å². The maximum atomic E-state index is 5.69. The number of nitrogens with one attached hydrogen (secondary N) is 1. The second-order valence-corrected chi connectivity index (χ2v) is 4.35. The van der Waals surface area contributed by atoms with Gasteiger partial charge in [0.1, 0.15) is 4.99 Å². The van der Waals surface area contributed by atoms with Crippen LogP contribution in [0.15, 0.2) is 30.5 Å². The van der Waals surface area contributed by atoms with Crippen LogP contribution in [0.1, 0.15) is 11.1 Å². The maximum Gasteiger partial charge on any atom is 0.152 e. The number of benzene rings is 1. The van der Waals surface area contributed by atoms with E-state index in [4.69, 9.17) is 18.0 Å². The van der Waals surface area contributed by atoms with Crippen LogP contribution in [0, 0.1) is 6.92 Å². The highest BCUT2D eigenvalue weighted by Crippen LogP contribution is 2.21. The molecule has 0 saturated carbocycles. The van der Waals surface area contributed by atoms with E-state index in [1.807, 2.05) is 44.4 Å².